The third kappa shape index (κ3) is 2.10. The Balaban J connectivity index is 1.53. The van der Waals surface area contributed by atoms with E-state index in [0.717, 1.165) is 37.2 Å². The molecule has 1 saturated heterocycles. The van der Waals surface area contributed by atoms with Crippen LogP contribution in [0.5, 0.6) is 0 Å². The normalized spacial score (nSPS) is 26.0. The molecule has 5 nitrogen and oxygen atoms in total. The van der Waals surface area contributed by atoms with Gasteiger partial charge in [0.25, 0.3) is 5.91 Å². The molecule has 5 heteroatoms. The number of nitrogens with zero attached hydrogens (tertiary/aromatic N) is 4. The van der Waals surface area contributed by atoms with Gasteiger partial charge in [-0.05, 0) is 50.2 Å². The van der Waals surface area contributed by atoms with Gasteiger partial charge in [0.2, 0.25) is 0 Å². The lowest BCUT2D eigenvalue weighted by Gasteiger charge is -2.26. The van der Waals surface area contributed by atoms with Gasteiger partial charge in [-0.2, -0.15) is 0 Å². The highest BCUT2D eigenvalue weighted by Gasteiger charge is 2.43. The zero-order chi connectivity index (χ0) is 15.4. The molecule has 118 valence electrons. The molecule has 2 heterocycles. The van der Waals surface area contributed by atoms with E-state index in [2.05, 4.69) is 15.2 Å². The zero-order valence-corrected chi connectivity index (χ0v) is 13.1. The number of carbonyl (C=O) groups is 1. The second kappa shape index (κ2) is 4.91. The lowest BCUT2D eigenvalue weighted by atomic mass is 10.1. The summed E-state index contributed by atoms with van der Waals surface area (Å²) in [5, 5.41) is 8.62. The average Bonchev–Trinajstić information content (AvgIpc) is 3.02. The first-order valence-corrected chi connectivity index (χ1v) is 8.63. The van der Waals surface area contributed by atoms with Crippen molar-refractivity contribution < 1.29 is 4.79 Å². The number of amides is 1. The number of hydrogen-bond acceptors (Lipinski definition) is 3. The standard InChI is InChI=1S/C18H20N4O/c23-18(21-11-12-6-9-15(21)10-12)16-17(13-7-8-13)22(20-19-16)14-4-2-1-3-5-14/h1-5,12-13,15H,6-11H2. The second-order valence-corrected chi connectivity index (χ2v) is 7.14. The first kappa shape index (κ1) is 13.3. The van der Waals surface area contributed by atoms with Crippen molar-refractivity contribution in [2.45, 2.75) is 44.1 Å². The van der Waals surface area contributed by atoms with E-state index < -0.39 is 0 Å². The molecule has 2 atom stereocenters. The Kier molecular flexibility index (Phi) is 2.84. The van der Waals surface area contributed by atoms with E-state index in [9.17, 15) is 4.79 Å². The van der Waals surface area contributed by atoms with E-state index in [-0.39, 0.29) is 5.91 Å². The largest absolute Gasteiger partial charge is 0.334 e. The van der Waals surface area contributed by atoms with Gasteiger partial charge in [0.1, 0.15) is 0 Å². The number of aromatic nitrogens is 3. The maximum absolute atomic E-state index is 13.0. The minimum Gasteiger partial charge on any atom is -0.334 e. The van der Waals surface area contributed by atoms with Crippen molar-refractivity contribution in [3.05, 3.63) is 41.7 Å². The molecule has 0 radical (unpaired) electrons. The molecule has 1 aromatic heterocycles. The number of fused-ring (bicyclic) bond motifs is 2. The van der Waals surface area contributed by atoms with Crippen LogP contribution < -0.4 is 0 Å². The quantitative estimate of drug-likeness (QED) is 0.876. The zero-order valence-electron chi connectivity index (χ0n) is 13.1. The molecule has 2 aliphatic carbocycles. The number of piperidine rings is 1. The maximum Gasteiger partial charge on any atom is 0.276 e. The third-order valence-corrected chi connectivity index (χ3v) is 5.54. The van der Waals surface area contributed by atoms with Gasteiger partial charge in [0.05, 0.1) is 11.4 Å². The second-order valence-electron chi connectivity index (χ2n) is 7.14. The van der Waals surface area contributed by atoms with Gasteiger partial charge in [-0.1, -0.05) is 23.4 Å². The van der Waals surface area contributed by atoms with Gasteiger partial charge in [-0.25, -0.2) is 4.68 Å². The molecule has 3 fully saturated rings. The van der Waals surface area contributed by atoms with Gasteiger partial charge in [0.15, 0.2) is 5.69 Å². The molecule has 1 aromatic carbocycles. The van der Waals surface area contributed by atoms with E-state index in [4.69, 9.17) is 0 Å². The van der Waals surface area contributed by atoms with E-state index in [1.54, 1.807) is 0 Å². The van der Waals surface area contributed by atoms with Gasteiger partial charge < -0.3 is 4.90 Å². The SMILES string of the molecule is O=C(c1nnn(-c2ccccc2)c1C1CC1)N1CC2CCC1C2. The summed E-state index contributed by atoms with van der Waals surface area (Å²) in [5.74, 6) is 1.24. The Morgan fingerprint density at radius 1 is 1.09 bits per heavy atom. The molecule has 1 amide bonds. The molecule has 2 unspecified atom stereocenters. The minimum atomic E-state index is 0.0984. The first-order valence-electron chi connectivity index (χ1n) is 8.63. The van der Waals surface area contributed by atoms with Crippen molar-refractivity contribution in [1.82, 2.24) is 19.9 Å². The molecule has 2 aromatic rings. The topological polar surface area (TPSA) is 51.0 Å². The van der Waals surface area contributed by atoms with Crippen LogP contribution in [0.4, 0.5) is 0 Å². The average molecular weight is 308 g/mol. The molecule has 5 rings (SSSR count). The van der Waals surface area contributed by atoms with Crippen molar-refractivity contribution in [3.63, 3.8) is 0 Å². The van der Waals surface area contributed by atoms with Crippen LogP contribution in [-0.4, -0.2) is 38.4 Å². The predicted molar refractivity (Wildman–Crippen MR) is 85.5 cm³/mol. The van der Waals surface area contributed by atoms with Crippen molar-refractivity contribution in [2.75, 3.05) is 6.54 Å². The van der Waals surface area contributed by atoms with Crippen LogP contribution in [-0.2, 0) is 0 Å². The van der Waals surface area contributed by atoms with Gasteiger partial charge in [-0.3, -0.25) is 4.79 Å². The maximum atomic E-state index is 13.0. The number of benzene rings is 1. The Labute approximate surface area is 135 Å². The van der Waals surface area contributed by atoms with E-state index in [1.165, 1.54) is 12.8 Å². The third-order valence-electron chi connectivity index (χ3n) is 5.54. The van der Waals surface area contributed by atoms with Crippen molar-refractivity contribution in [2.24, 2.45) is 5.92 Å². The lowest BCUT2D eigenvalue weighted by Crippen LogP contribution is -2.38. The van der Waals surface area contributed by atoms with E-state index >= 15 is 0 Å². The summed E-state index contributed by atoms with van der Waals surface area (Å²) in [6.45, 7) is 0.909. The molecular weight excluding hydrogens is 288 g/mol. The number of carbonyl (C=O) groups excluding carboxylic acids is 1. The van der Waals surface area contributed by atoms with E-state index in [0.29, 0.717) is 23.6 Å². The highest BCUT2D eigenvalue weighted by atomic mass is 16.2. The van der Waals surface area contributed by atoms with Crippen molar-refractivity contribution in [3.8, 4) is 5.69 Å². The van der Waals surface area contributed by atoms with Crippen LogP contribution in [0.25, 0.3) is 5.69 Å². The molecule has 2 bridgehead atoms. The monoisotopic (exact) mass is 308 g/mol. The number of para-hydroxylation sites is 1. The highest BCUT2D eigenvalue weighted by Crippen LogP contribution is 2.43. The fraction of sp³-hybridized carbons (Fsp3) is 0.500. The fourth-order valence-corrected chi connectivity index (χ4v) is 4.23. The van der Waals surface area contributed by atoms with Crippen LogP contribution in [0.15, 0.2) is 30.3 Å². The highest BCUT2D eigenvalue weighted by molar-refractivity contribution is 5.94. The molecular formula is C18H20N4O. The molecule has 1 aliphatic heterocycles. The number of hydrogen-bond donors (Lipinski definition) is 0. The van der Waals surface area contributed by atoms with Crippen LogP contribution in [0.1, 0.15) is 54.2 Å². The van der Waals surface area contributed by atoms with Crippen LogP contribution in [0.3, 0.4) is 0 Å². The molecule has 0 spiro atoms. The number of likely N-dealkylation sites (tertiary alicyclic amines) is 1. The summed E-state index contributed by atoms with van der Waals surface area (Å²) in [7, 11) is 0. The molecule has 23 heavy (non-hydrogen) atoms. The van der Waals surface area contributed by atoms with Gasteiger partial charge in [0, 0.05) is 18.5 Å². The van der Waals surface area contributed by atoms with Crippen LogP contribution >= 0.6 is 0 Å². The lowest BCUT2D eigenvalue weighted by molar-refractivity contribution is 0.0696. The van der Waals surface area contributed by atoms with Crippen molar-refractivity contribution in [1.29, 1.82) is 0 Å². The Hall–Kier alpha value is -2.17. The summed E-state index contributed by atoms with van der Waals surface area (Å²) in [5.41, 5.74) is 2.59. The van der Waals surface area contributed by atoms with Gasteiger partial charge >= 0.3 is 0 Å². The smallest absolute Gasteiger partial charge is 0.276 e. The summed E-state index contributed by atoms with van der Waals surface area (Å²) in [6.07, 6.45) is 5.87. The summed E-state index contributed by atoms with van der Waals surface area (Å²) in [4.78, 5) is 15.1. The minimum absolute atomic E-state index is 0.0984. The first-order chi connectivity index (χ1) is 11.3. The molecule has 3 aliphatic rings. The van der Waals surface area contributed by atoms with Crippen LogP contribution in [0.2, 0.25) is 0 Å². The Morgan fingerprint density at radius 3 is 2.57 bits per heavy atom. The fourth-order valence-electron chi connectivity index (χ4n) is 4.23. The summed E-state index contributed by atoms with van der Waals surface area (Å²) >= 11 is 0. The predicted octanol–water partition coefficient (Wildman–Crippen LogP) is 2.77. The van der Waals surface area contributed by atoms with Gasteiger partial charge in [-0.15, -0.1) is 5.10 Å². The summed E-state index contributed by atoms with van der Waals surface area (Å²) < 4.78 is 1.87. The Bertz CT molecular complexity index is 750. The number of rotatable bonds is 3. The van der Waals surface area contributed by atoms with Crippen LogP contribution in [0, 0.1) is 5.92 Å². The summed E-state index contributed by atoms with van der Waals surface area (Å²) in [6, 6.07) is 10.5. The molecule has 2 saturated carbocycles. The van der Waals surface area contributed by atoms with Crippen molar-refractivity contribution >= 4 is 5.91 Å². The Morgan fingerprint density at radius 2 is 1.91 bits per heavy atom. The van der Waals surface area contributed by atoms with E-state index in [1.807, 2.05) is 35.0 Å². The molecule has 0 N–H and O–H groups in total.